The Kier molecular flexibility index (Phi) is 4.00. The lowest BCUT2D eigenvalue weighted by molar-refractivity contribution is 0.0993. The van der Waals surface area contributed by atoms with Crippen molar-refractivity contribution in [2.75, 3.05) is 11.9 Å². The lowest BCUT2D eigenvalue weighted by Crippen LogP contribution is -2.26. The van der Waals surface area contributed by atoms with E-state index in [2.05, 4.69) is 12.1 Å². The molecule has 0 spiro atoms. The Labute approximate surface area is 152 Å². The first-order valence-corrected chi connectivity index (χ1v) is 8.94. The van der Waals surface area contributed by atoms with Crippen molar-refractivity contribution in [1.82, 2.24) is 4.57 Å². The minimum absolute atomic E-state index is 0.00738. The largest absolute Gasteiger partial charge is 0.311 e. The van der Waals surface area contributed by atoms with Gasteiger partial charge in [0.1, 0.15) is 5.52 Å². The number of para-hydroxylation sites is 1. The number of rotatable bonds is 4. The van der Waals surface area contributed by atoms with Gasteiger partial charge in [-0.05, 0) is 55.5 Å². The van der Waals surface area contributed by atoms with E-state index >= 15 is 0 Å². The zero-order valence-corrected chi connectivity index (χ0v) is 15.0. The summed E-state index contributed by atoms with van der Waals surface area (Å²) in [5, 5.41) is 0.942. The molecule has 0 bridgehead atoms. The van der Waals surface area contributed by atoms with Crippen LogP contribution in [-0.2, 0) is 6.54 Å². The molecule has 0 aliphatic heterocycles. The van der Waals surface area contributed by atoms with Crippen LogP contribution in [0.1, 0.15) is 41.6 Å². The summed E-state index contributed by atoms with van der Waals surface area (Å²) >= 11 is 0. The third kappa shape index (κ3) is 2.76. The zero-order valence-electron chi connectivity index (χ0n) is 15.0. The van der Waals surface area contributed by atoms with Gasteiger partial charge in [-0.25, -0.2) is 0 Å². The summed E-state index contributed by atoms with van der Waals surface area (Å²) in [7, 11) is 1.75. The number of aromatic nitrogens is 1. The Hall–Kier alpha value is -3.06. The summed E-state index contributed by atoms with van der Waals surface area (Å²) in [5.41, 5.74) is 3.06. The Bertz CT molecular complexity index is 1030. The van der Waals surface area contributed by atoms with Crippen LogP contribution in [0.3, 0.4) is 0 Å². The number of pyridine rings is 1. The number of carbonyl (C=O) groups excluding carboxylic acids is 1. The van der Waals surface area contributed by atoms with Crippen LogP contribution in [0.5, 0.6) is 0 Å². The van der Waals surface area contributed by atoms with Crippen molar-refractivity contribution in [3.8, 4) is 0 Å². The molecule has 0 atom stereocenters. The summed E-state index contributed by atoms with van der Waals surface area (Å²) in [4.78, 5) is 26.9. The smallest absolute Gasteiger partial charge is 0.266 e. The molecule has 1 saturated carbocycles. The molecule has 1 heterocycles. The predicted molar refractivity (Wildman–Crippen MR) is 103 cm³/mol. The second kappa shape index (κ2) is 6.34. The number of aryl methyl sites for hydroxylation is 1. The normalized spacial score (nSPS) is 13.5. The van der Waals surface area contributed by atoms with Crippen LogP contribution in [0.4, 0.5) is 5.69 Å². The standard InChI is InChI=1S/C22H20N2O2/c1-3-24-20-12-11-16(22(26)23(2)17-7-5-4-6-8-17)13-19(20)18(14-21(24)25)15-9-10-15/h4-8,13-15H,3,9-10H2,1-2H3. The lowest BCUT2D eigenvalue weighted by Gasteiger charge is -2.17. The minimum Gasteiger partial charge on any atom is -0.311 e. The zero-order chi connectivity index (χ0) is 18.3. The molecule has 0 saturated heterocycles. The molecule has 1 aromatic heterocycles. The number of carbonyl (C=O) groups is 1. The van der Waals surface area contributed by atoms with Crippen molar-refractivity contribution in [2.45, 2.75) is 32.2 Å². The van der Waals surface area contributed by atoms with Crippen LogP contribution >= 0.6 is 0 Å². The van der Waals surface area contributed by atoms with E-state index in [1.807, 2.05) is 43.3 Å². The number of amides is 1. The van der Waals surface area contributed by atoms with E-state index in [-0.39, 0.29) is 11.5 Å². The molecule has 4 nitrogen and oxygen atoms in total. The Morgan fingerprint density at radius 1 is 1.19 bits per heavy atom. The third-order valence-electron chi connectivity index (χ3n) is 5.00. The Morgan fingerprint density at radius 2 is 1.92 bits per heavy atom. The van der Waals surface area contributed by atoms with Gasteiger partial charge < -0.3 is 9.47 Å². The maximum absolute atomic E-state index is 12.9. The first-order chi connectivity index (χ1) is 12.6. The molecule has 0 N–H and O–H groups in total. The van der Waals surface area contributed by atoms with Crippen molar-refractivity contribution in [1.29, 1.82) is 0 Å². The molecule has 4 heteroatoms. The van der Waals surface area contributed by atoms with Crippen molar-refractivity contribution in [3.05, 3.63) is 76.1 Å². The first-order valence-electron chi connectivity index (χ1n) is 8.94. The van der Waals surface area contributed by atoms with Gasteiger partial charge in [-0.1, -0.05) is 24.3 Å². The summed E-state index contributed by atoms with van der Waals surface area (Å²) in [6.45, 7) is 2.51. The highest BCUT2D eigenvalue weighted by Gasteiger charge is 2.27. The van der Waals surface area contributed by atoms with Gasteiger partial charge in [0, 0.05) is 30.7 Å². The van der Waals surface area contributed by atoms with E-state index in [1.165, 1.54) is 0 Å². The molecule has 1 aliphatic rings. The fourth-order valence-electron chi connectivity index (χ4n) is 3.39. The van der Waals surface area contributed by atoms with Gasteiger partial charge >= 0.3 is 0 Å². The maximum Gasteiger partial charge on any atom is 0.266 e. The third-order valence-corrected chi connectivity index (χ3v) is 5.00. The average molecular weight is 344 g/mol. The fraction of sp³-hybridized carbons (Fsp3) is 0.273. The van der Waals surface area contributed by atoms with E-state index in [0.29, 0.717) is 18.0 Å². The monoisotopic (exact) mass is 344 g/mol. The van der Waals surface area contributed by atoms with Crippen LogP contribution in [0, 0.1) is 12.1 Å². The number of hydrogen-bond donors (Lipinski definition) is 0. The molecular weight excluding hydrogens is 324 g/mol. The number of anilines is 1. The number of fused-ring (bicyclic) bond motifs is 1. The lowest BCUT2D eigenvalue weighted by atomic mass is 10.0. The van der Waals surface area contributed by atoms with Crippen LogP contribution < -0.4 is 10.5 Å². The highest BCUT2D eigenvalue weighted by molar-refractivity contribution is 6.07. The van der Waals surface area contributed by atoms with Crippen molar-refractivity contribution in [3.63, 3.8) is 0 Å². The average Bonchev–Trinajstić information content (AvgIpc) is 3.52. The molecule has 0 unspecified atom stereocenters. The molecule has 1 fully saturated rings. The fourth-order valence-corrected chi connectivity index (χ4v) is 3.39. The molecule has 26 heavy (non-hydrogen) atoms. The predicted octanol–water partition coefficient (Wildman–Crippen LogP) is 3.78. The second-order valence-corrected chi connectivity index (χ2v) is 6.73. The molecule has 2 aromatic carbocycles. The van der Waals surface area contributed by atoms with Gasteiger partial charge in [-0.2, -0.15) is 0 Å². The molecule has 1 aliphatic carbocycles. The van der Waals surface area contributed by atoms with Gasteiger partial charge in [0.2, 0.25) is 0 Å². The summed E-state index contributed by atoms with van der Waals surface area (Å²) in [6, 6.07) is 19.2. The topological polar surface area (TPSA) is 42.3 Å². The maximum atomic E-state index is 12.9. The van der Waals surface area contributed by atoms with Gasteiger partial charge in [0.25, 0.3) is 11.5 Å². The van der Waals surface area contributed by atoms with Crippen LogP contribution in [0.25, 0.3) is 10.9 Å². The van der Waals surface area contributed by atoms with Crippen LogP contribution in [0.2, 0.25) is 0 Å². The quantitative estimate of drug-likeness (QED) is 0.723. The van der Waals surface area contributed by atoms with Crippen LogP contribution in [0.15, 0.2) is 47.3 Å². The number of benzene rings is 1. The van der Waals surface area contributed by atoms with E-state index in [0.717, 1.165) is 35.0 Å². The SMILES string of the molecule is CCn1c(=O)cc(C2CC2)c2cc(C(=O)N(C)c3ccccc3)c#cc21. The number of nitrogens with zero attached hydrogens (tertiary/aromatic N) is 2. The highest BCUT2D eigenvalue weighted by atomic mass is 16.2. The van der Waals surface area contributed by atoms with Crippen molar-refractivity contribution in [2.24, 2.45) is 0 Å². The van der Waals surface area contributed by atoms with Gasteiger partial charge in [-0.15, -0.1) is 0 Å². The van der Waals surface area contributed by atoms with E-state index in [4.69, 9.17) is 0 Å². The second-order valence-electron chi connectivity index (χ2n) is 6.73. The minimum atomic E-state index is -0.134. The van der Waals surface area contributed by atoms with Gasteiger partial charge in [0.05, 0.1) is 5.56 Å². The molecule has 1 amide bonds. The summed E-state index contributed by atoms with van der Waals surface area (Å²) in [5.74, 6) is 0.285. The van der Waals surface area contributed by atoms with Crippen molar-refractivity contribution < 1.29 is 4.79 Å². The molecule has 0 radical (unpaired) electrons. The summed E-state index contributed by atoms with van der Waals surface area (Å²) in [6.07, 6.45) is 2.19. The number of hydrogen-bond acceptors (Lipinski definition) is 2. The summed E-state index contributed by atoms with van der Waals surface area (Å²) < 4.78 is 1.69. The molecule has 4 rings (SSSR count). The molecular formula is C22H20N2O2. The Balaban J connectivity index is 1.82. The van der Waals surface area contributed by atoms with Gasteiger partial charge in [-0.3, -0.25) is 9.59 Å². The highest BCUT2D eigenvalue weighted by Crippen LogP contribution is 2.42. The van der Waals surface area contributed by atoms with E-state index < -0.39 is 0 Å². The first kappa shape index (κ1) is 16.4. The van der Waals surface area contributed by atoms with E-state index in [9.17, 15) is 9.59 Å². The van der Waals surface area contributed by atoms with Gasteiger partial charge in [0.15, 0.2) is 0 Å². The van der Waals surface area contributed by atoms with E-state index in [1.54, 1.807) is 22.6 Å². The van der Waals surface area contributed by atoms with Crippen LogP contribution in [-0.4, -0.2) is 17.5 Å². The molecule has 130 valence electrons. The molecule has 3 aromatic rings. The Morgan fingerprint density at radius 3 is 2.58 bits per heavy atom. The van der Waals surface area contributed by atoms with Crippen molar-refractivity contribution >= 4 is 22.5 Å².